The number of aromatic nitrogens is 7. The van der Waals surface area contributed by atoms with Gasteiger partial charge in [-0.1, -0.05) is 41.6 Å². The number of aryl methyl sites for hydroxylation is 1. The maximum atomic E-state index is 13.6. The van der Waals surface area contributed by atoms with Crippen molar-refractivity contribution >= 4 is 21.8 Å². The van der Waals surface area contributed by atoms with E-state index in [9.17, 15) is 24.9 Å². The number of nitrogens with zero attached hydrogens (tertiary/aromatic N) is 7. The molecule has 0 aliphatic carbocycles. The number of unbranched alkanes of at least 4 members (excludes halogenated alkanes) is 1. The van der Waals surface area contributed by atoms with Crippen LogP contribution in [0.1, 0.15) is 18.5 Å². The van der Waals surface area contributed by atoms with Gasteiger partial charge in [0, 0.05) is 30.3 Å². The Labute approximate surface area is 267 Å². The Morgan fingerprint density at radius 1 is 0.596 bits per heavy atom. The summed E-state index contributed by atoms with van der Waals surface area (Å²) in [4.78, 5) is 36.5. The largest absolute Gasteiger partial charge is 0.508 e. The number of aromatic hydroxyl groups is 3. The minimum absolute atomic E-state index is 0.0660. The van der Waals surface area contributed by atoms with E-state index in [4.69, 9.17) is 9.97 Å². The predicted molar refractivity (Wildman–Crippen MR) is 176 cm³/mol. The van der Waals surface area contributed by atoms with Crippen LogP contribution in [0, 0.1) is 0 Å². The molecule has 12 nitrogen and oxygen atoms in total. The molecule has 7 rings (SSSR count). The van der Waals surface area contributed by atoms with Crippen LogP contribution in [-0.2, 0) is 19.6 Å². The zero-order valence-electron chi connectivity index (χ0n) is 25.1. The van der Waals surface area contributed by atoms with Crippen molar-refractivity contribution in [2.75, 3.05) is 0 Å². The Hall–Kier alpha value is -6.30. The topological polar surface area (TPSA) is 161 Å². The number of para-hydroxylation sites is 2. The highest BCUT2D eigenvalue weighted by molar-refractivity contribution is 5.81. The molecular formula is C35H29N7O5. The van der Waals surface area contributed by atoms with Crippen LogP contribution in [0.5, 0.6) is 17.2 Å². The van der Waals surface area contributed by atoms with Crippen LogP contribution >= 0.6 is 0 Å². The van der Waals surface area contributed by atoms with Crippen LogP contribution in [0.2, 0.25) is 0 Å². The molecule has 0 saturated carbocycles. The third kappa shape index (κ3) is 5.91. The second-order valence-corrected chi connectivity index (χ2v) is 11.2. The van der Waals surface area contributed by atoms with Gasteiger partial charge in [-0.15, -0.1) is 5.10 Å². The van der Waals surface area contributed by atoms with E-state index in [1.165, 1.54) is 22.8 Å². The Balaban J connectivity index is 1.11. The molecule has 0 fully saturated rings. The summed E-state index contributed by atoms with van der Waals surface area (Å²) >= 11 is 0. The maximum absolute atomic E-state index is 13.6. The number of fused-ring (bicyclic) bond motifs is 2. The number of rotatable bonds is 9. The Bertz CT molecular complexity index is 2380. The van der Waals surface area contributed by atoms with E-state index < -0.39 is 0 Å². The summed E-state index contributed by atoms with van der Waals surface area (Å²) in [6.45, 7) is 0.977. The average Bonchev–Trinajstić information content (AvgIpc) is 3.51. The summed E-state index contributed by atoms with van der Waals surface area (Å²) in [5.74, 6) is 0.555. The average molecular weight is 628 g/mol. The highest BCUT2D eigenvalue weighted by Gasteiger charge is 2.17. The molecule has 0 atom stereocenters. The lowest BCUT2D eigenvalue weighted by Gasteiger charge is -2.14. The van der Waals surface area contributed by atoms with Gasteiger partial charge in [0.05, 0.1) is 34.5 Å². The van der Waals surface area contributed by atoms with Gasteiger partial charge >= 0.3 is 0 Å². The molecule has 0 amide bonds. The van der Waals surface area contributed by atoms with Crippen LogP contribution < -0.4 is 11.1 Å². The maximum Gasteiger partial charge on any atom is 0.262 e. The standard InChI is InChI=1S/C35H29N7O5/c43-25-9-7-8-22(16-25)32-36-31-13-4-2-11-29(31)35(47)42(32)21-24-20-40(39-38-24)14-5-6-15-41-33(23-17-26(44)19-27(45)18-23)37-30-12-3-1-10-28(30)34(41)46/h1-4,7-13,16-20,43-45H,5-6,14-15,21H2. The van der Waals surface area contributed by atoms with Crippen molar-refractivity contribution < 1.29 is 15.3 Å². The number of benzene rings is 4. The summed E-state index contributed by atoms with van der Waals surface area (Å²) in [6, 6.07) is 24.9. The second kappa shape index (κ2) is 12.2. The predicted octanol–water partition coefficient (Wildman–Crippen LogP) is 4.68. The highest BCUT2D eigenvalue weighted by Crippen LogP contribution is 2.28. The molecule has 0 radical (unpaired) electrons. The highest BCUT2D eigenvalue weighted by atomic mass is 16.3. The van der Waals surface area contributed by atoms with Gasteiger partial charge in [-0.2, -0.15) is 0 Å². The van der Waals surface area contributed by atoms with Gasteiger partial charge in [0.1, 0.15) is 34.6 Å². The quantitative estimate of drug-likeness (QED) is 0.193. The molecule has 234 valence electrons. The van der Waals surface area contributed by atoms with Gasteiger partial charge in [-0.25, -0.2) is 9.97 Å². The van der Waals surface area contributed by atoms with E-state index in [1.807, 2.05) is 6.07 Å². The molecule has 12 heteroatoms. The Kier molecular flexibility index (Phi) is 7.66. The molecule has 3 N–H and O–H groups in total. The fourth-order valence-electron chi connectivity index (χ4n) is 5.73. The lowest BCUT2D eigenvalue weighted by Crippen LogP contribution is -2.24. The molecule has 3 heterocycles. The van der Waals surface area contributed by atoms with Crippen molar-refractivity contribution in [3.8, 4) is 40.0 Å². The third-order valence-corrected chi connectivity index (χ3v) is 7.91. The van der Waals surface area contributed by atoms with Crippen molar-refractivity contribution in [3.63, 3.8) is 0 Å². The van der Waals surface area contributed by atoms with Gasteiger partial charge in [0.25, 0.3) is 11.1 Å². The molecule has 47 heavy (non-hydrogen) atoms. The third-order valence-electron chi connectivity index (χ3n) is 7.91. The lowest BCUT2D eigenvalue weighted by molar-refractivity contribution is 0.450. The Morgan fingerprint density at radius 2 is 1.19 bits per heavy atom. The first-order valence-electron chi connectivity index (χ1n) is 15.0. The molecule has 7 aromatic rings. The zero-order valence-corrected chi connectivity index (χ0v) is 25.1. The van der Waals surface area contributed by atoms with Gasteiger partial charge < -0.3 is 15.3 Å². The minimum atomic E-state index is -0.228. The molecule has 0 spiro atoms. The molecule has 0 aliphatic heterocycles. The molecule has 0 aliphatic rings. The molecule has 4 aromatic carbocycles. The van der Waals surface area contributed by atoms with E-state index in [0.29, 0.717) is 76.2 Å². The van der Waals surface area contributed by atoms with Crippen molar-refractivity contribution in [2.24, 2.45) is 0 Å². The van der Waals surface area contributed by atoms with Gasteiger partial charge in [-0.3, -0.25) is 23.4 Å². The monoisotopic (exact) mass is 627 g/mol. The first-order chi connectivity index (χ1) is 22.8. The first kappa shape index (κ1) is 29.4. The lowest BCUT2D eigenvalue weighted by atomic mass is 10.1. The summed E-state index contributed by atoms with van der Waals surface area (Å²) < 4.78 is 4.79. The van der Waals surface area contributed by atoms with E-state index in [0.717, 1.165) is 0 Å². The van der Waals surface area contributed by atoms with Crippen LogP contribution in [0.25, 0.3) is 44.6 Å². The minimum Gasteiger partial charge on any atom is -0.508 e. The van der Waals surface area contributed by atoms with Crippen LogP contribution in [0.4, 0.5) is 0 Å². The van der Waals surface area contributed by atoms with Gasteiger partial charge in [-0.05, 0) is 61.4 Å². The molecular weight excluding hydrogens is 598 g/mol. The molecule has 0 saturated heterocycles. The zero-order chi connectivity index (χ0) is 32.5. The number of hydrogen-bond acceptors (Lipinski definition) is 9. The number of phenols is 3. The Morgan fingerprint density at radius 3 is 1.87 bits per heavy atom. The van der Waals surface area contributed by atoms with E-state index in [2.05, 4.69) is 10.3 Å². The van der Waals surface area contributed by atoms with Crippen molar-refractivity contribution in [1.82, 2.24) is 34.1 Å². The second-order valence-electron chi connectivity index (χ2n) is 11.2. The van der Waals surface area contributed by atoms with Crippen LogP contribution in [-0.4, -0.2) is 49.4 Å². The van der Waals surface area contributed by atoms with E-state index in [1.54, 1.807) is 82.2 Å². The van der Waals surface area contributed by atoms with E-state index in [-0.39, 0.29) is 34.9 Å². The number of hydrogen-bond donors (Lipinski definition) is 3. The summed E-state index contributed by atoms with van der Waals surface area (Å²) in [6.07, 6.45) is 3.03. The molecule has 3 aromatic heterocycles. The normalized spacial score (nSPS) is 11.4. The van der Waals surface area contributed by atoms with Crippen molar-refractivity contribution in [3.05, 3.63) is 124 Å². The van der Waals surface area contributed by atoms with Gasteiger partial charge in [0.15, 0.2) is 0 Å². The fraction of sp³-hybridized carbons (Fsp3) is 0.143. The van der Waals surface area contributed by atoms with E-state index >= 15 is 0 Å². The summed E-state index contributed by atoms with van der Waals surface area (Å²) in [7, 11) is 0. The molecule has 0 unspecified atom stereocenters. The molecule has 0 bridgehead atoms. The van der Waals surface area contributed by atoms with Crippen LogP contribution in [0.15, 0.2) is 107 Å². The van der Waals surface area contributed by atoms with Crippen molar-refractivity contribution in [1.29, 1.82) is 0 Å². The van der Waals surface area contributed by atoms with Gasteiger partial charge in [0.2, 0.25) is 0 Å². The first-order valence-corrected chi connectivity index (χ1v) is 15.0. The summed E-state index contributed by atoms with van der Waals surface area (Å²) in [5.41, 5.74) is 2.22. The van der Waals surface area contributed by atoms with Crippen LogP contribution in [0.3, 0.4) is 0 Å². The fourth-order valence-corrected chi connectivity index (χ4v) is 5.73. The van der Waals surface area contributed by atoms with Crippen molar-refractivity contribution in [2.45, 2.75) is 32.5 Å². The number of phenolic OH excluding ortho intramolecular Hbond substituents is 3. The SMILES string of the molecule is O=c1c2ccccc2nc(-c2cc(O)cc(O)c2)n1CCCCn1cc(Cn2c(-c3cccc(O)c3)nc3ccccc3c2=O)nn1. The smallest absolute Gasteiger partial charge is 0.262 e. The summed E-state index contributed by atoms with van der Waals surface area (Å²) in [5, 5.41) is 39.8.